The van der Waals surface area contributed by atoms with Crippen molar-refractivity contribution in [1.82, 2.24) is 4.90 Å². The molecule has 0 aromatic heterocycles. The third kappa shape index (κ3) is 4.56. The van der Waals surface area contributed by atoms with Crippen LogP contribution in [-0.4, -0.2) is 47.1 Å². The van der Waals surface area contributed by atoms with Gasteiger partial charge in [-0.25, -0.2) is 13.2 Å². The Balaban J connectivity index is 1.86. The van der Waals surface area contributed by atoms with Crippen molar-refractivity contribution in [2.24, 2.45) is 16.5 Å². The van der Waals surface area contributed by atoms with Crippen LogP contribution < -0.4 is 16.8 Å². The average molecular weight is 519 g/mol. The van der Waals surface area contributed by atoms with Crippen LogP contribution in [0.25, 0.3) is 0 Å². The molecule has 0 atom stereocenters. The Morgan fingerprint density at radius 3 is 2.52 bits per heavy atom. The minimum absolute atomic E-state index is 0.0983. The Hall–Kier alpha value is -2.54. The lowest BCUT2D eigenvalue weighted by Gasteiger charge is -2.45. The van der Waals surface area contributed by atoms with Crippen molar-refractivity contribution in [3.63, 3.8) is 0 Å². The van der Waals surface area contributed by atoms with E-state index in [-0.39, 0.29) is 36.8 Å². The molecule has 0 bridgehead atoms. The molecule has 1 fully saturated rings. The smallest absolute Gasteiger partial charge is 0.256 e. The number of β-amino-alcohol motifs (C(OH)–C–C–N with tert-alkyl or cyclic N) is 1. The molecule has 29 heavy (non-hydrogen) atoms. The number of aliphatic imine (C=N–C) groups is 1. The van der Waals surface area contributed by atoms with Crippen LogP contribution in [0.4, 0.5) is 24.5 Å². The van der Waals surface area contributed by atoms with Crippen molar-refractivity contribution in [3.8, 4) is 0 Å². The van der Waals surface area contributed by atoms with Gasteiger partial charge in [-0.2, -0.15) is 0 Å². The van der Waals surface area contributed by atoms with Gasteiger partial charge in [0.15, 0.2) is 17.6 Å². The van der Waals surface area contributed by atoms with Gasteiger partial charge in [-0.3, -0.25) is 9.79 Å². The van der Waals surface area contributed by atoms with Gasteiger partial charge < -0.3 is 26.8 Å². The van der Waals surface area contributed by atoms with Crippen molar-refractivity contribution >= 4 is 45.8 Å². The topological polar surface area (TPSA) is 117 Å². The van der Waals surface area contributed by atoms with Crippen LogP contribution in [0.1, 0.15) is 10.4 Å². The number of halogens is 4. The first kappa shape index (κ1) is 21.2. The number of benzene rings is 2. The Morgan fingerprint density at radius 1 is 1.21 bits per heavy atom. The summed E-state index contributed by atoms with van der Waals surface area (Å²) in [7, 11) is 0. The molecule has 0 aliphatic carbocycles. The number of carbonyl (C=O) groups excluding carboxylic acids is 1. The third-order valence-electron chi connectivity index (χ3n) is 4.33. The molecule has 0 saturated carbocycles. The van der Waals surface area contributed by atoms with Crippen molar-refractivity contribution in [3.05, 3.63) is 56.9 Å². The summed E-state index contributed by atoms with van der Waals surface area (Å²) in [5, 5.41) is 12.7. The van der Waals surface area contributed by atoms with Gasteiger partial charge in [0.2, 0.25) is 0 Å². The summed E-state index contributed by atoms with van der Waals surface area (Å²) in [6, 6.07) is 6.04. The van der Waals surface area contributed by atoms with E-state index >= 15 is 0 Å². The second-order valence-electron chi connectivity index (χ2n) is 6.66. The third-order valence-corrected chi connectivity index (χ3v) is 5.00. The predicted octanol–water partition coefficient (Wildman–Crippen LogP) is 1.91. The molecule has 0 spiro atoms. The summed E-state index contributed by atoms with van der Waals surface area (Å²) in [4.78, 5) is 17.7. The molecule has 2 aromatic rings. The standard InChI is InChI=1S/C18H17F3IN5O2/c19-11-3-2-10(16(28)27-7-18(29,8-27)6-25-17(23)24)15(14(11)21)26-13-4-1-9(22)5-12(13)20/h1-5,26,29H,6-8H2,(H4,23,24,25). The summed E-state index contributed by atoms with van der Waals surface area (Å²) in [5.41, 5.74) is 8.34. The van der Waals surface area contributed by atoms with Crippen molar-refractivity contribution in [2.45, 2.75) is 5.60 Å². The van der Waals surface area contributed by atoms with Gasteiger partial charge in [-0.1, -0.05) is 0 Å². The van der Waals surface area contributed by atoms with Gasteiger partial charge in [0.05, 0.1) is 36.6 Å². The maximum Gasteiger partial charge on any atom is 0.256 e. The summed E-state index contributed by atoms with van der Waals surface area (Å²) in [6.45, 7) is -0.298. The minimum atomic E-state index is -1.31. The SMILES string of the molecule is NC(N)=NCC1(O)CN(C(=O)c2ccc(F)c(F)c2Nc2ccc(I)cc2F)C1. The van der Waals surface area contributed by atoms with Crippen molar-refractivity contribution in [1.29, 1.82) is 0 Å². The summed E-state index contributed by atoms with van der Waals surface area (Å²) in [5.74, 6) is -4.05. The van der Waals surface area contributed by atoms with E-state index in [1.54, 1.807) is 6.07 Å². The summed E-state index contributed by atoms with van der Waals surface area (Å²) < 4.78 is 43.0. The Morgan fingerprint density at radius 2 is 1.90 bits per heavy atom. The summed E-state index contributed by atoms with van der Waals surface area (Å²) >= 11 is 1.91. The number of amides is 1. The van der Waals surface area contributed by atoms with Gasteiger partial charge in [0.1, 0.15) is 11.4 Å². The van der Waals surface area contributed by atoms with Crippen LogP contribution in [0, 0.1) is 21.0 Å². The molecule has 11 heteroatoms. The van der Waals surface area contributed by atoms with Gasteiger partial charge in [-0.15, -0.1) is 0 Å². The summed E-state index contributed by atoms with van der Waals surface area (Å²) in [6.07, 6.45) is 0. The fourth-order valence-corrected chi connectivity index (χ4v) is 3.35. The van der Waals surface area contributed by atoms with Crippen LogP contribution in [0.2, 0.25) is 0 Å². The van der Waals surface area contributed by atoms with Gasteiger partial charge in [0, 0.05) is 3.57 Å². The van der Waals surface area contributed by atoms with E-state index in [1.807, 2.05) is 22.6 Å². The van der Waals surface area contributed by atoms with Crippen molar-refractivity contribution < 1.29 is 23.1 Å². The van der Waals surface area contributed by atoms with E-state index in [2.05, 4.69) is 10.3 Å². The molecule has 1 saturated heterocycles. The minimum Gasteiger partial charge on any atom is -0.384 e. The zero-order valence-corrected chi connectivity index (χ0v) is 17.1. The van der Waals surface area contributed by atoms with Crippen LogP contribution in [0.3, 0.4) is 0 Å². The zero-order chi connectivity index (χ0) is 21.3. The highest BCUT2D eigenvalue weighted by Crippen LogP contribution is 2.31. The number of rotatable bonds is 5. The molecule has 0 radical (unpaired) electrons. The first-order valence-electron chi connectivity index (χ1n) is 8.37. The van der Waals surface area contributed by atoms with E-state index in [0.29, 0.717) is 3.57 Å². The molecule has 1 aliphatic heterocycles. The number of anilines is 2. The van der Waals surface area contributed by atoms with Crippen molar-refractivity contribution in [2.75, 3.05) is 25.0 Å². The normalized spacial score (nSPS) is 14.9. The Labute approximate surface area is 177 Å². The van der Waals surface area contributed by atoms with Crippen LogP contribution in [-0.2, 0) is 0 Å². The highest BCUT2D eigenvalue weighted by atomic mass is 127. The maximum atomic E-state index is 14.4. The van der Waals surface area contributed by atoms with E-state index < -0.39 is 34.6 Å². The molecule has 1 amide bonds. The van der Waals surface area contributed by atoms with E-state index in [0.717, 1.165) is 12.1 Å². The zero-order valence-electron chi connectivity index (χ0n) is 14.9. The average Bonchev–Trinajstić information content (AvgIpc) is 2.63. The number of carbonyl (C=O) groups is 1. The fourth-order valence-electron chi connectivity index (χ4n) is 2.89. The number of likely N-dealkylation sites (tertiary alicyclic amines) is 1. The van der Waals surface area contributed by atoms with E-state index in [9.17, 15) is 23.1 Å². The lowest BCUT2D eigenvalue weighted by molar-refractivity contribution is -0.0730. The number of aliphatic hydroxyl groups is 1. The first-order chi connectivity index (χ1) is 13.6. The molecular weight excluding hydrogens is 502 g/mol. The quantitative estimate of drug-likeness (QED) is 0.274. The highest BCUT2D eigenvalue weighted by molar-refractivity contribution is 14.1. The number of nitrogens with two attached hydrogens (primary N) is 2. The molecule has 7 nitrogen and oxygen atoms in total. The Kier molecular flexibility index (Phi) is 5.89. The molecule has 6 N–H and O–H groups in total. The molecule has 1 aliphatic rings. The fraction of sp³-hybridized carbons (Fsp3) is 0.222. The number of nitrogens with zero attached hydrogens (tertiary/aromatic N) is 2. The van der Waals surface area contributed by atoms with Gasteiger partial charge in [0.25, 0.3) is 5.91 Å². The second-order valence-corrected chi connectivity index (χ2v) is 7.91. The molecule has 154 valence electrons. The predicted molar refractivity (Wildman–Crippen MR) is 110 cm³/mol. The Bertz CT molecular complexity index is 992. The second kappa shape index (κ2) is 8.06. The number of hydrogen-bond donors (Lipinski definition) is 4. The molecule has 1 heterocycles. The van der Waals surface area contributed by atoms with Crippen LogP contribution >= 0.6 is 22.6 Å². The van der Waals surface area contributed by atoms with E-state index in [4.69, 9.17) is 11.5 Å². The number of guanidine groups is 1. The molecule has 2 aromatic carbocycles. The molecule has 3 rings (SSSR count). The molecule has 0 unspecified atom stereocenters. The van der Waals surface area contributed by atoms with Crippen LogP contribution in [0.5, 0.6) is 0 Å². The first-order valence-corrected chi connectivity index (χ1v) is 9.45. The highest BCUT2D eigenvalue weighted by Gasteiger charge is 2.44. The van der Waals surface area contributed by atoms with E-state index in [1.165, 1.54) is 17.0 Å². The lowest BCUT2D eigenvalue weighted by Crippen LogP contribution is -2.65. The monoisotopic (exact) mass is 519 g/mol. The number of hydrogen-bond acceptors (Lipinski definition) is 4. The maximum absolute atomic E-state index is 14.4. The lowest BCUT2D eigenvalue weighted by atomic mass is 9.93. The van der Waals surface area contributed by atoms with Gasteiger partial charge in [-0.05, 0) is 52.9 Å². The number of nitrogens with one attached hydrogen (secondary N) is 1. The largest absolute Gasteiger partial charge is 0.384 e. The van der Waals surface area contributed by atoms with Gasteiger partial charge >= 0.3 is 0 Å². The molecular formula is C18H17F3IN5O2. The van der Waals surface area contributed by atoms with Crippen LogP contribution in [0.15, 0.2) is 35.3 Å².